The second kappa shape index (κ2) is 84.7. The molecule has 0 bridgehead atoms. The van der Waals surface area contributed by atoms with E-state index in [2.05, 4.69) is 79.6 Å². The average molecular weight is 1380 g/mol. The number of aliphatic carboxylic acids is 1. The van der Waals surface area contributed by atoms with Gasteiger partial charge in [0.15, 0.2) is 0 Å². The number of carboxylic acids is 1. The van der Waals surface area contributed by atoms with Crippen LogP contribution in [0.2, 0.25) is 0 Å². The van der Waals surface area contributed by atoms with Crippen molar-refractivity contribution in [3.63, 3.8) is 0 Å². The fourth-order valence-corrected chi connectivity index (χ4v) is 63.6. The highest BCUT2D eigenvalue weighted by Crippen LogP contribution is 1.64. The lowest BCUT2D eigenvalue weighted by atomic mass is 10.6. The molecule has 0 aliphatic rings. The van der Waals surface area contributed by atoms with Crippen molar-refractivity contribution in [1.82, 2.24) is 0 Å². The van der Waals surface area contributed by atoms with E-state index in [1.165, 1.54) is 67.3 Å². The van der Waals surface area contributed by atoms with Crippen molar-refractivity contribution in [2.75, 3.05) is 14.2 Å². The second-order valence-electron chi connectivity index (χ2n) is 3.81. The molecule has 0 radical (unpaired) electrons. The van der Waals surface area contributed by atoms with Gasteiger partial charge in [0.1, 0.15) is 0 Å². The van der Waals surface area contributed by atoms with Crippen molar-refractivity contribution in [2.45, 2.75) is 20.8 Å². The van der Waals surface area contributed by atoms with Crippen molar-refractivity contribution in [2.24, 2.45) is 0 Å². The van der Waals surface area contributed by atoms with Gasteiger partial charge < -0.3 is 14.9 Å². The van der Waals surface area contributed by atoms with Crippen LogP contribution in [-0.2, 0) is 339 Å². The minimum absolute atomic E-state index is 0.484. The molecule has 5 nitrogen and oxygen atoms in total. The van der Waals surface area contributed by atoms with Gasteiger partial charge in [-0.25, -0.2) is 9.59 Å². The van der Waals surface area contributed by atoms with Crippen LogP contribution in [0.25, 0.3) is 0 Å². The van der Waals surface area contributed by atoms with Gasteiger partial charge in [-0.1, -0.05) is 11.8 Å². The number of carbonyl (C=O) groups is 2. The summed E-state index contributed by atoms with van der Waals surface area (Å²) in [5.74, 6) is 9.36. The van der Waals surface area contributed by atoms with E-state index < -0.39 is 11.9 Å². The van der Waals surface area contributed by atoms with E-state index in [4.69, 9.17) is 32.6 Å². The molecule has 0 aromatic rings. The van der Waals surface area contributed by atoms with Crippen molar-refractivity contribution >= 4 is 337 Å². The number of hydrogen-bond donors (Lipinski definition) is 2. The number of hydrogen-bond acceptors (Lipinski definition) is 10. The summed E-state index contributed by atoms with van der Waals surface area (Å²) in [5.41, 5.74) is 0. The molecule has 0 amide bonds. The van der Waals surface area contributed by atoms with Crippen LogP contribution in [0.15, 0.2) is 0 Å². The zero-order chi connectivity index (χ0) is 41.9. The van der Waals surface area contributed by atoms with E-state index >= 15 is 0 Å². The number of ether oxygens (including phenoxy) is 1. The van der Waals surface area contributed by atoms with Gasteiger partial charge in [0.25, 0.3) is 0 Å². The third-order valence-electron chi connectivity index (χ3n) is 1.37. The normalized spacial score (nSPS) is 6.28. The number of carbonyl (C=O) groups excluding carboxylic acids is 1. The minimum atomic E-state index is -1.07. The fraction of sp³-hybridized carbons (Fsp3) is 0.385. The quantitative estimate of drug-likeness (QED) is 0.202. The Morgan fingerprint density at radius 1 is 0.453 bits per heavy atom. The predicted molar refractivity (Wildman–Crippen MR) is 327 cm³/mol. The number of carboxylic acid groups (broad SMARTS) is 1. The summed E-state index contributed by atoms with van der Waals surface area (Å²) in [4.78, 5) is 19.4. The van der Waals surface area contributed by atoms with Gasteiger partial charge in [-0.3, -0.25) is 0 Å². The van der Waals surface area contributed by atoms with E-state index in [1.807, 2.05) is 5.92 Å². The van der Waals surface area contributed by atoms with Gasteiger partial charge in [0.2, 0.25) is 0 Å². The number of esters is 1. The lowest BCUT2D eigenvalue weighted by Gasteiger charge is -1.81. The molecule has 0 rings (SSSR count). The number of rotatable bonds is 0. The molecule has 0 aromatic carbocycles. The zero-order valence-corrected chi connectivity index (χ0v) is 54.1. The second-order valence-corrected chi connectivity index (χ2v) is 55.1. The lowest BCUT2D eigenvalue weighted by molar-refractivity contribution is -0.134. The van der Waals surface area contributed by atoms with Crippen LogP contribution >= 0.6 is 0 Å². The van der Waals surface area contributed by atoms with E-state index in [0.717, 1.165) is 7.11 Å². The SMILES string of the molecule is C#CC.CC#CC(=O)O.CC#CC(=O)OC.CO.S=S=S=S=S=S=S=S=S=S.S=S=S=S=S=S=S=S=S=S=S=S.S=S=S=S=S=S=S=S=S=S=S=S=S. The van der Waals surface area contributed by atoms with Crippen molar-refractivity contribution in [3.05, 3.63) is 0 Å². The Bertz CT molecular complexity index is 2430. The summed E-state index contributed by atoms with van der Waals surface area (Å²) in [6.07, 6.45) is 4.60. The summed E-state index contributed by atoms with van der Waals surface area (Å²) < 4.78 is 4.18. The maximum atomic E-state index is 10.0. The summed E-state index contributed by atoms with van der Waals surface area (Å²) >= 11 is 28.1. The van der Waals surface area contributed by atoms with Crippen molar-refractivity contribution < 1.29 is 24.5 Å². The summed E-state index contributed by atoms with van der Waals surface area (Å²) in [6.45, 7) is 4.71. The Hall–Kier alpha value is 5.28. The van der Waals surface area contributed by atoms with E-state index in [1.54, 1.807) is 218 Å². The molecule has 0 fully saturated rings. The fourth-order valence-electron chi connectivity index (χ4n) is 0.521. The highest BCUT2D eigenvalue weighted by molar-refractivity contribution is 8.77. The maximum absolute atomic E-state index is 10.0. The monoisotopic (exact) mass is 1370 g/mol. The molecule has 2 N–H and O–H groups in total. The summed E-state index contributed by atoms with van der Waals surface area (Å²) in [6, 6.07) is 0. The first-order valence-corrected chi connectivity index (χ1v) is 52.5. The average Bonchev–Trinajstić information content (AvgIpc) is 3.16. The summed E-state index contributed by atoms with van der Waals surface area (Å²) in [5, 5.41) is 14.7. The van der Waals surface area contributed by atoms with Crippen LogP contribution in [0, 0.1) is 36.0 Å². The number of methoxy groups -OCH3 is 1. The molecule has 0 spiro atoms. The molecule has 53 heavy (non-hydrogen) atoms. The molecular weight excluding hydrogens is 1360 g/mol. The first-order chi connectivity index (χ1) is 25.7. The van der Waals surface area contributed by atoms with Gasteiger partial charge in [-0.05, 0) is 20.8 Å². The number of terminal acetylenes is 1. The van der Waals surface area contributed by atoms with E-state index in [9.17, 15) is 9.59 Å². The molecule has 0 saturated carbocycles. The molecule has 0 aromatic heterocycles. The van der Waals surface area contributed by atoms with Crippen molar-refractivity contribution in [3.8, 4) is 36.0 Å². The van der Waals surface area contributed by atoms with Crippen LogP contribution < -0.4 is 0 Å². The molecule has 0 saturated heterocycles. The van der Waals surface area contributed by atoms with Crippen LogP contribution in [0.4, 0.5) is 0 Å². The molecular formula is C13H18O5S35. The number of aliphatic hydroxyl groups is 1. The van der Waals surface area contributed by atoms with Crippen LogP contribution in [0.1, 0.15) is 20.8 Å². The van der Waals surface area contributed by atoms with Gasteiger partial charge >= 0.3 is 11.9 Å². The van der Waals surface area contributed by atoms with Crippen LogP contribution in [-0.4, -0.2) is 36.4 Å². The first-order valence-electron chi connectivity index (χ1n) is 9.81. The summed E-state index contributed by atoms with van der Waals surface area (Å²) in [7, 11) is 49.4. The van der Waals surface area contributed by atoms with E-state index in [0.29, 0.717) is 0 Å². The topological polar surface area (TPSA) is 83.8 Å². The first kappa shape index (κ1) is 72.7. The lowest BCUT2D eigenvalue weighted by Crippen LogP contribution is -1.93. The highest BCUT2D eigenvalue weighted by atomic mass is 33.5. The molecule has 310 valence electrons. The Labute approximate surface area is 422 Å². The third-order valence-corrected chi connectivity index (χ3v) is 59.1. The van der Waals surface area contributed by atoms with Gasteiger partial charge in [0, 0.05) is 344 Å². The Balaban J connectivity index is -0.0000000988. The van der Waals surface area contributed by atoms with Crippen molar-refractivity contribution in [1.29, 1.82) is 0 Å². The van der Waals surface area contributed by atoms with Gasteiger partial charge in [-0.2, -0.15) is 0 Å². The Morgan fingerprint density at radius 2 is 0.623 bits per heavy atom. The highest BCUT2D eigenvalue weighted by Gasteiger charge is 1.84. The molecule has 0 aliphatic carbocycles. The van der Waals surface area contributed by atoms with Gasteiger partial charge in [0.05, 0.1) is 7.11 Å². The molecule has 0 aliphatic heterocycles. The molecule has 40 heteroatoms. The predicted octanol–water partition coefficient (Wildman–Crippen LogP) is 0.441. The molecule has 0 heterocycles. The number of aliphatic hydroxyl groups excluding tert-OH is 1. The largest absolute Gasteiger partial charge is 0.472 e. The Kier molecular flexibility index (Phi) is 116. The Morgan fingerprint density at radius 3 is 0.698 bits per heavy atom. The van der Waals surface area contributed by atoms with Crippen LogP contribution in [0.3, 0.4) is 0 Å². The standard InChI is InChI=1S/C5H6O2.C4H4O2.C3H4.CH4O.S13.S12.S10/c1-3-4-5(6)7-2;1-2-3-4(5)6;1-3-2;1-2;1-3-5-7-9-11-13-12-10-8-6-4-2;1-3-5-7-9-11-12-10-8-6-4-2;1-3-5-7-9-10-8-6-4-2/h1-2H3;1H3,(H,5,6);1H,2H3;2H,1H3;;;. The third kappa shape index (κ3) is 113. The maximum Gasteiger partial charge on any atom is 0.384 e. The zero-order valence-electron chi connectivity index (χ0n) is 25.5. The molecule has 0 unspecified atom stereocenters. The molecule has 0 atom stereocenters. The van der Waals surface area contributed by atoms with Gasteiger partial charge in [-0.15, -0.1) is 12.3 Å². The van der Waals surface area contributed by atoms with E-state index in [-0.39, 0.29) is 0 Å². The van der Waals surface area contributed by atoms with Crippen LogP contribution in [0.5, 0.6) is 0 Å². The minimum Gasteiger partial charge on any atom is -0.472 e. The smallest absolute Gasteiger partial charge is 0.384 e.